The minimum absolute atomic E-state index is 0.127. The molecule has 7 nitrogen and oxygen atoms in total. The standard InChI is InChI=1S/C10H13N3O4/c1-13-2-7(11-5-13)9(14)12-8-4-17-3-6(8)10(15)16/h2,5-6,8H,3-4H2,1H3,(H,12,14)(H,15,16). The monoisotopic (exact) mass is 239 g/mol. The molecule has 0 saturated carbocycles. The predicted molar refractivity (Wildman–Crippen MR) is 56.4 cm³/mol. The normalized spacial score (nSPS) is 23.6. The molecule has 0 radical (unpaired) electrons. The van der Waals surface area contributed by atoms with E-state index in [4.69, 9.17) is 9.84 Å². The molecule has 2 N–H and O–H groups in total. The van der Waals surface area contributed by atoms with Gasteiger partial charge in [0, 0.05) is 13.2 Å². The number of carbonyl (C=O) groups is 2. The van der Waals surface area contributed by atoms with Crippen molar-refractivity contribution in [3.8, 4) is 0 Å². The van der Waals surface area contributed by atoms with Gasteiger partial charge in [-0.1, -0.05) is 0 Å². The van der Waals surface area contributed by atoms with E-state index < -0.39 is 17.9 Å². The maximum absolute atomic E-state index is 11.7. The number of aryl methyl sites for hydroxylation is 1. The Labute approximate surface area is 97.4 Å². The molecule has 2 heterocycles. The van der Waals surface area contributed by atoms with Crippen molar-refractivity contribution < 1.29 is 19.4 Å². The van der Waals surface area contributed by atoms with Crippen LogP contribution in [0.1, 0.15) is 10.5 Å². The second kappa shape index (κ2) is 4.54. The summed E-state index contributed by atoms with van der Waals surface area (Å²) >= 11 is 0. The van der Waals surface area contributed by atoms with Crippen molar-refractivity contribution in [2.75, 3.05) is 13.2 Å². The molecule has 2 rings (SSSR count). The summed E-state index contributed by atoms with van der Waals surface area (Å²) in [5.74, 6) is -2.04. The summed E-state index contributed by atoms with van der Waals surface area (Å²) in [5.41, 5.74) is 0.267. The maximum Gasteiger partial charge on any atom is 0.311 e. The lowest BCUT2D eigenvalue weighted by molar-refractivity contribution is -0.142. The SMILES string of the molecule is Cn1cnc(C(=O)NC2COCC2C(=O)O)c1. The first kappa shape index (κ1) is 11.6. The summed E-state index contributed by atoms with van der Waals surface area (Å²) < 4.78 is 6.70. The van der Waals surface area contributed by atoms with E-state index in [1.807, 2.05) is 0 Å². The van der Waals surface area contributed by atoms with Gasteiger partial charge in [0.15, 0.2) is 0 Å². The second-order valence-corrected chi connectivity index (χ2v) is 3.99. The molecular weight excluding hydrogens is 226 g/mol. The van der Waals surface area contributed by atoms with Crippen LogP contribution < -0.4 is 5.32 Å². The topological polar surface area (TPSA) is 93.5 Å². The summed E-state index contributed by atoms with van der Waals surface area (Å²) in [4.78, 5) is 26.5. The van der Waals surface area contributed by atoms with Crippen LogP contribution >= 0.6 is 0 Å². The van der Waals surface area contributed by atoms with Gasteiger partial charge in [-0.05, 0) is 0 Å². The quantitative estimate of drug-likeness (QED) is 0.723. The van der Waals surface area contributed by atoms with Crippen LogP contribution in [0.5, 0.6) is 0 Å². The Morgan fingerprint density at radius 2 is 2.35 bits per heavy atom. The zero-order valence-electron chi connectivity index (χ0n) is 9.29. The average Bonchev–Trinajstić information content (AvgIpc) is 2.86. The zero-order valence-corrected chi connectivity index (χ0v) is 9.29. The molecule has 1 aromatic rings. The number of carbonyl (C=O) groups excluding carboxylic acids is 1. The third-order valence-electron chi connectivity index (χ3n) is 2.65. The van der Waals surface area contributed by atoms with Gasteiger partial charge >= 0.3 is 5.97 Å². The van der Waals surface area contributed by atoms with E-state index in [1.54, 1.807) is 17.8 Å². The van der Waals surface area contributed by atoms with Crippen molar-refractivity contribution in [2.45, 2.75) is 6.04 Å². The molecule has 7 heteroatoms. The van der Waals surface area contributed by atoms with E-state index in [0.717, 1.165) is 0 Å². The third-order valence-corrected chi connectivity index (χ3v) is 2.65. The zero-order chi connectivity index (χ0) is 12.4. The Bertz CT molecular complexity index is 443. The fourth-order valence-corrected chi connectivity index (χ4v) is 1.71. The first-order valence-electron chi connectivity index (χ1n) is 5.17. The van der Waals surface area contributed by atoms with Crippen LogP contribution in [0.2, 0.25) is 0 Å². The summed E-state index contributed by atoms with van der Waals surface area (Å²) in [6, 6.07) is -0.498. The van der Waals surface area contributed by atoms with Gasteiger partial charge in [0.05, 0.1) is 25.6 Å². The smallest absolute Gasteiger partial charge is 0.311 e. The number of aromatic nitrogens is 2. The van der Waals surface area contributed by atoms with Gasteiger partial charge in [0.2, 0.25) is 0 Å². The lowest BCUT2D eigenvalue weighted by Crippen LogP contribution is -2.42. The van der Waals surface area contributed by atoms with E-state index in [2.05, 4.69) is 10.3 Å². The Balaban J connectivity index is 2.01. The lowest BCUT2D eigenvalue weighted by Gasteiger charge is -2.14. The van der Waals surface area contributed by atoms with E-state index in [0.29, 0.717) is 0 Å². The summed E-state index contributed by atoms with van der Waals surface area (Å²) in [6.45, 7) is 0.345. The first-order valence-corrected chi connectivity index (χ1v) is 5.17. The first-order chi connectivity index (χ1) is 8.08. The maximum atomic E-state index is 11.7. The molecule has 1 aromatic heterocycles. The van der Waals surface area contributed by atoms with E-state index in [-0.39, 0.29) is 24.8 Å². The number of aliphatic carboxylic acids is 1. The summed E-state index contributed by atoms with van der Waals surface area (Å²) in [6.07, 6.45) is 3.08. The number of hydrogen-bond donors (Lipinski definition) is 2. The van der Waals surface area contributed by atoms with Crippen LogP contribution in [0.25, 0.3) is 0 Å². The number of carboxylic acids is 1. The Morgan fingerprint density at radius 3 is 2.94 bits per heavy atom. The highest BCUT2D eigenvalue weighted by molar-refractivity contribution is 5.92. The molecule has 1 fully saturated rings. The van der Waals surface area contributed by atoms with Crippen LogP contribution in [0, 0.1) is 5.92 Å². The van der Waals surface area contributed by atoms with Gasteiger partial charge in [-0.25, -0.2) is 4.98 Å². The van der Waals surface area contributed by atoms with Crippen molar-refractivity contribution in [2.24, 2.45) is 13.0 Å². The molecule has 0 bridgehead atoms. The Hall–Kier alpha value is -1.89. The van der Waals surface area contributed by atoms with Crippen LogP contribution in [0.3, 0.4) is 0 Å². The van der Waals surface area contributed by atoms with Crippen molar-refractivity contribution in [3.63, 3.8) is 0 Å². The highest BCUT2D eigenvalue weighted by Crippen LogP contribution is 2.14. The minimum Gasteiger partial charge on any atom is -0.481 e. The summed E-state index contributed by atoms with van der Waals surface area (Å²) in [7, 11) is 1.75. The van der Waals surface area contributed by atoms with Crippen molar-refractivity contribution in [1.29, 1.82) is 0 Å². The fourth-order valence-electron chi connectivity index (χ4n) is 1.71. The van der Waals surface area contributed by atoms with Crippen molar-refractivity contribution >= 4 is 11.9 Å². The van der Waals surface area contributed by atoms with Crippen molar-refractivity contribution in [1.82, 2.24) is 14.9 Å². The van der Waals surface area contributed by atoms with Crippen LogP contribution in [0.15, 0.2) is 12.5 Å². The number of ether oxygens (including phenoxy) is 1. The van der Waals surface area contributed by atoms with E-state index >= 15 is 0 Å². The van der Waals surface area contributed by atoms with Crippen LogP contribution in [-0.2, 0) is 16.6 Å². The molecule has 1 saturated heterocycles. The number of imidazole rings is 1. The van der Waals surface area contributed by atoms with Gasteiger partial charge in [-0.3, -0.25) is 9.59 Å². The Kier molecular flexibility index (Phi) is 3.10. The highest BCUT2D eigenvalue weighted by Gasteiger charge is 2.35. The van der Waals surface area contributed by atoms with E-state index in [9.17, 15) is 9.59 Å². The van der Waals surface area contributed by atoms with Crippen LogP contribution in [-0.4, -0.2) is 45.8 Å². The van der Waals surface area contributed by atoms with Gasteiger partial charge in [-0.15, -0.1) is 0 Å². The van der Waals surface area contributed by atoms with Gasteiger partial charge < -0.3 is 19.7 Å². The highest BCUT2D eigenvalue weighted by atomic mass is 16.5. The molecule has 0 aromatic carbocycles. The molecule has 1 amide bonds. The molecule has 0 aliphatic carbocycles. The fraction of sp³-hybridized carbons (Fsp3) is 0.500. The van der Waals surface area contributed by atoms with Crippen LogP contribution in [0.4, 0.5) is 0 Å². The third kappa shape index (κ3) is 2.44. The predicted octanol–water partition coefficient (Wildman–Crippen LogP) is -0.750. The van der Waals surface area contributed by atoms with Gasteiger partial charge in [-0.2, -0.15) is 0 Å². The van der Waals surface area contributed by atoms with Gasteiger partial charge in [0.1, 0.15) is 11.6 Å². The minimum atomic E-state index is -0.964. The average molecular weight is 239 g/mol. The second-order valence-electron chi connectivity index (χ2n) is 3.99. The molecule has 2 unspecified atom stereocenters. The molecule has 0 spiro atoms. The van der Waals surface area contributed by atoms with E-state index in [1.165, 1.54) is 6.33 Å². The molecule has 92 valence electrons. The molecule has 17 heavy (non-hydrogen) atoms. The molecule has 1 aliphatic rings. The largest absolute Gasteiger partial charge is 0.481 e. The van der Waals surface area contributed by atoms with Crippen molar-refractivity contribution in [3.05, 3.63) is 18.2 Å². The molecule has 1 aliphatic heterocycles. The van der Waals surface area contributed by atoms with Gasteiger partial charge in [0.25, 0.3) is 5.91 Å². The molecular formula is C10H13N3O4. The lowest BCUT2D eigenvalue weighted by atomic mass is 10.0. The number of hydrogen-bond acceptors (Lipinski definition) is 4. The summed E-state index contributed by atoms with van der Waals surface area (Å²) in [5, 5.41) is 11.5. The number of nitrogens with one attached hydrogen (secondary N) is 1. The Morgan fingerprint density at radius 1 is 1.59 bits per heavy atom. The molecule has 2 atom stereocenters. The number of rotatable bonds is 3. The number of nitrogens with zero attached hydrogens (tertiary/aromatic N) is 2. The number of amides is 1. The number of carboxylic acid groups (broad SMARTS) is 1.